The van der Waals surface area contributed by atoms with E-state index in [0.29, 0.717) is 12.4 Å². The number of nitrogens with one attached hydrogen (secondary N) is 1. The number of aromatic nitrogens is 7. The molecule has 1 N–H and O–H groups in total. The molecule has 0 saturated heterocycles. The van der Waals surface area contributed by atoms with E-state index in [1.54, 1.807) is 6.20 Å². The smallest absolute Gasteiger partial charge is 0.296 e. The molecule has 0 aliphatic rings. The SMILES string of the molecule is CCCc1cn(C(C)C)c(=O)n1Cc1ccc(-c2ncccc2-c2nn[nH]n2)cc1. The van der Waals surface area contributed by atoms with Gasteiger partial charge in [-0.1, -0.05) is 37.6 Å². The van der Waals surface area contributed by atoms with Crippen molar-refractivity contribution in [2.75, 3.05) is 0 Å². The van der Waals surface area contributed by atoms with Gasteiger partial charge in [0.15, 0.2) is 0 Å². The molecule has 0 aliphatic carbocycles. The Morgan fingerprint density at radius 3 is 2.60 bits per heavy atom. The zero-order chi connectivity index (χ0) is 21.1. The minimum atomic E-state index is 0.0432. The topological polar surface area (TPSA) is 94.3 Å². The van der Waals surface area contributed by atoms with Crippen LogP contribution in [0.5, 0.6) is 0 Å². The number of pyridine rings is 1. The lowest BCUT2D eigenvalue weighted by Gasteiger charge is -2.09. The molecule has 8 nitrogen and oxygen atoms in total. The van der Waals surface area contributed by atoms with Crippen molar-refractivity contribution in [3.05, 3.63) is 70.5 Å². The fourth-order valence-electron chi connectivity index (χ4n) is 3.58. The summed E-state index contributed by atoms with van der Waals surface area (Å²) in [5.74, 6) is 0.507. The lowest BCUT2D eigenvalue weighted by molar-refractivity contribution is 0.560. The van der Waals surface area contributed by atoms with Crippen molar-refractivity contribution in [2.45, 2.75) is 46.2 Å². The van der Waals surface area contributed by atoms with Crippen molar-refractivity contribution >= 4 is 0 Å². The molecule has 0 saturated carbocycles. The molecule has 1 aromatic carbocycles. The Morgan fingerprint density at radius 1 is 1.13 bits per heavy atom. The van der Waals surface area contributed by atoms with Gasteiger partial charge in [0.25, 0.3) is 0 Å². The molecule has 3 aromatic heterocycles. The summed E-state index contributed by atoms with van der Waals surface area (Å²) in [5, 5.41) is 14.3. The van der Waals surface area contributed by atoms with E-state index in [9.17, 15) is 4.79 Å². The van der Waals surface area contributed by atoms with E-state index in [1.807, 2.05) is 65.6 Å². The minimum absolute atomic E-state index is 0.0432. The van der Waals surface area contributed by atoms with Crippen LogP contribution in [-0.4, -0.2) is 34.7 Å². The number of hydrogen-bond donors (Lipinski definition) is 1. The minimum Gasteiger partial charge on any atom is -0.296 e. The maximum absolute atomic E-state index is 12.9. The van der Waals surface area contributed by atoms with Crippen LogP contribution in [0.25, 0.3) is 22.6 Å². The first kappa shape index (κ1) is 19.8. The van der Waals surface area contributed by atoms with Gasteiger partial charge in [-0.25, -0.2) is 4.79 Å². The van der Waals surface area contributed by atoms with Crippen LogP contribution in [0.4, 0.5) is 0 Å². The first-order chi connectivity index (χ1) is 14.6. The molecule has 0 radical (unpaired) electrons. The number of tetrazole rings is 1. The van der Waals surface area contributed by atoms with Gasteiger partial charge in [0.05, 0.1) is 12.2 Å². The molecule has 0 atom stereocenters. The van der Waals surface area contributed by atoms with E-state index in [-0.39, 0.29) is 11.7 Å². The summed E-state index contributed by atoms with van der Waals surface area (Å²) >= 11 is 0. The average molecular weight is 403 g/mol. The summed E-state index contributed by atoms with van der Waals surface area (Å²) in [5.41, 5.74) is 4.75. The lowest BCUT2D eigenvalue weighted by Crippen LogP contribution is -2.26. The molecule has 3 heterocycles. The summed E-state index contributed by atoms with van der Waals surface area (Å²) in [6, 6.07) is 12.0. The molecule has 0 aliphatic heterocycles. The Kier molecular flexibility index (Phi) is 5.56. The largest absolute Gasteiger partial charge is 0.328 e. The highest BCUT2D eigenvalue weighted by Gasteiger charge is 2.14. The van der Waals surface area contributed by atoms with Gasteiger partial charge in [-0.2, -0.15) is 5.21 Å². The highest BCUT2D eigenvalue weighted by Crippen LogP contribution is 2.27. The molecule has 4 rings (SSSR count). The zero-order valence-electron chi connectivity index (χ0n) is 17.4. The Morgan fingerprint density at radius 2 is 1.93 bits per heavy atom. The van der Waals surface area contributed by atoms with Gasteiger partial charge in [0, 0.05) is 35.3 Å². The lowest BCUT2D eigenvalue weighted by atomic mass is 10.0. The molecule has 0 bridgehead atoms. The van der Waals surface area contributed by atoms with Gasteiger partial charge in [-0.05, 0) is 43.2 Å². The molecular formula is C22H25N7O. The monoisotopic (exact) mass is 403 g/mol. The van der Waals surface area contributed by atoms with Crippen molar-refractivity contribution in [1.82, 2.24) is 34.7 Å². The predicted octanol–water partition coefficient (Wildman–Crippen LogP) is 3.47. The second kappa shape index (κ2) is 8.44. The zero-order valence-corrected chi connectivity index (χ0v) is 17.4. The van der Waals surface area contributed by atoms with Crippen molar-refractivity contribution in [1.29, 1.82) is 0 Å². The third-order valence-corrected chi connectivity index (χ3v) is 5.11. The second-order valence-corrected chi connectivity index (χ2v) is 7.57. The fourth-order valence-corrected chi connectivity index (χ4v) is 3.58. The standard InChI is InChI=1S/C22H25N7O/c1-4-6-18-14-28(15(2)3)22(30)29(18)13-16-8-10-17(11-9-16)20-19(7-5-12-23-20)21-24-26-27-25-21/h5,7-12,14-15H,4,6,13H2,1-3H3,(H,24,25,26,27). The Hall–Kier alpha value is -3.55. The molecule has 8 heteroatoms. The van der Waals surface area contributed by atoms with E-state index in [1.165, 1.54) is 0 Å². The number of aryl methyl sites for hydroxylation is 1. The molecular weight excluding hydrogens is 378 g/mol. The average Bonchev–Trinajstić information content (AvgIpc) is 3.39. The molecule has 30 heavy (non-hydrogen) atoms. The first-order valence-corrected chi connectivity index (χ1v) is 10.2. The van der Waals surface area contributed by atoms with Crippen molar-refractivity contribution in [3.8, 4) is 22.6 Å². The van der Waals surface area contributed by atoms with E-state index in [2.05, 4.69) is 32.5 Å². The predicted molar refractivity (Wildman–Crippen MR) is 115 cm³/mol. The maximum atomic E-state index is 12.9. The van der Waals surface area contributed by atoms with Crippen molar-refractivity contribution in [3.63, 3.8) is 0 Å². The highest BCUT2D eigenvalue weighted by atomic mass is 16.1. The number of imidazole rings is 1. The number of rotatable bonds is 7. The quantitative estimate of drug-likeness (QED) is 0.510. The maximum Gasteiger partial charge on any atom is 0.328 e. The van der Waals surface area contributed by atoms with E-state index >= 15 is 0 Å². The van der Waals surface area contributed by atoms with Gasteiger partial charge < -0.3 is 0 Å². The summed E-state index contributed by atoms with van der Waals surface area (Å²) in [4.78, 5) is 17.4. The number of H-pyrrole nitrogens is 1. The normalized spacial score (nSPS) is 11.3. The summed E-state index contributed by atoms with van der Waals surface area (Å²) < 4.78 is 3.69. The molecule has 0 spiro atoms. The second-order valence-electron chi connectivity index (χ2n) is 7.57. The molecule has 0 fully saturated rings. The number of aromatic amines is 1. The third kappa shape index (κ3) is 3.80. The highest BCUT2D eigenvalue weighted by molar-refractivity contribution is 5.76. The summed E-state index contributed by atoms with van der Waals surface area (Å²) in [6.45, 7) is 6.74. The van der Waals surface area contributed by atoms with Crippen LogP contribution in [0.1, 0.15) is 44.5 Å². The summed E-state index contributed by atoms with van der Waals surface area (Å²) in [6.07, 6.45) is 5.63. The number of benzene rings is 1. The Labute approximate surface area is 174 Å². The van der Waals surface area contributed by atoms with Crippen LogP contribution in [0.3, 0.4) is 0 Å². The fraction of sp³-hybridized carbons (Fsp3) is 0.318. The molecule has 4 aromatic rings. The van der Waals surface area contributed by atoms with E-state index < -0.39 is 0 Å². The van der Waals surface area contributed by atoms with E-state index in [0.717, 1.165) is 40.9 Å². The Balaban J connectivity index is 1.65. The van der Waals surface area contributed by atoms with Crippen LogP contribution in [0.2, 0.25) is 0 Å². The van der Waals surface area contributed by atoms with Crippen molar-refractivity contribution in [2.24, 2.45) is 0 Å². The van der Waals surface area contributed by atoms with Crippen LogP contribution in [0.15, 0.2) is 53.6 Å². The summed E-state index contributed by atoms with van der Waals surface area (Å²) in [7, 11) is 0. The van der Waals surface area contributed by atoms with Crippen molar-refractivity contribution < 1.29 is 0 Å². The first-order valence-electron chi connectivity index (χ1n) is 10.2. The van der Waals surface area contributed by atoms with Gasteiger partial charge in [-0.15, -0.1) is 10.2 Å². The van der Waals surface area contributed by atoms with Crippen LogP contribution in [-0.2, 0) is 13.0 Å². The molecule has 0 amide bonds. The molecule has 0 unspecified atom stereocenters. The van der Waals surface area contributed by atoms with Crippen LogP contribution < -0.4 is 5.69 Å². The van der Waals surface area contributed by atoms with Crippen LogP contribution in [0, 0.1) is 0 Å². The van der Waals surface area contributed by atoms with Crippen LogP contribution >= 0.6 is 0 Å². The Bertz CT molecular complexity index is 1170. The number of nitrogens with zero attached hydrogens (tertiary/aromatic N) is 6. The van der Waals surface area contributed by atoms with E-state index in [4.69, 9.17) is 0 Å². The molecule has 154 valence electrons. The van der Waals surface area contributed by atoms with Gasteiger partial charge in [0.2, 0.25) is 5.82 Å². The van der Waals surface area contributed by atoms with Gasteiger partial charge in [-0.3, -0.25) is 14.1 Å². The van der Waals surface area contributed by atoms with Gasteiger partial charge in [0.1, 0.15) is 0 Å². The number of hydrogen-bond acceptors (Lipinski definition) is 5. The third-order valence-electron chi connectivity index (χ3n) is 5.11. The van der Waals surface area contributed by atoms with Gasteiger partial charge >= 0.3 is 5.69 Å².